The lowest BCUT2D eigenvalue weighted by molar-refractivity contribution is -0.732. The van der Waals surface area contributed by atoms with Gasteiger partial charge in [-0.05, 0) is 116 Å². The molecular formula is C50H63N8O7+. The highest BCUT2D eigenvalue weighted by atomic mass is 16.5. The van der Waals surface area contributed by atoms with Crippen LogP contribution in [-0.4, -0.2) is 116 Å². The molecule has 2 saturated heterocycles. The molecule has 4 atom stereocenters. The molecule has 8 rings (SSSR count). The van der Waals surface area contributed by atoms with Crippen LogP contribution in [-0.2, 0) is 56.1 Å². The van der Waals surface area contributed by atoms with E-state index < -0.39 is 47.4 Å². The molecule has 0 unspecified atom stereocenters. The number of amides is 3. The maximum Gasteiger partial charge on any atom is 0.324 e. The number of hydrogen-bond acceptors (Lipinski definition) is 9. The van der Waals surface area contributed by atoms with Crippen LogP contribution in [0, 0.1) is 16.2 Å². The summed E-state index contributed by atoms with van der Waals surface area (Å²) in [6.45, 7) is 15.3. The van der Waals surface area contributed by atoms with Gasteiger partial charge in [0.2, 0.25) is 11.8 Å². The number of rotatable bonds is 9. The number of likely N-dealkylation sites (tertiary alicyclic amines) is 1. The van der Waals surface area contributed by atoms with Crippen molar-refractivity contribution in [3.8, 4) is 28.1 Å². The van der Waals surface area contributed by atoms with Gasteiger partial charge < -0.3 is 24.6 Å². The average molecular weight is 888 g/mol. The molecule has 5 heterocycles. The summed E-state index contributed by atoms with van der Waals surface area (Å²) in [5, 5.41) is 18.1. The van der Waals surface area contributed by atoms with Crippen LogP contribution in [0.25, 0.3) is 33.3 Å². The predicted octanol–water partition coefficient (Wildman–Crippen LogP) is 5.67. The van der Waals surface area contributed by atoms with E-state index in [0.29, 0.717) is 37.8 Å². The summed E-state index contributed by atoms with van der Waals surface area (Å²) < 4.78 is 8.50. The molecule has 4 aromatic rings. The van der Waals surface area contributed by atoms with Gasteiger partial charge >= 0.3 is 5.97 Å². The first kappa shape index (κ1) is 45.5. The third kappa shape index (κ3) is 9.12. The zero-order chi connectivity index (χ0) is 46.3. The van der Waals surface area contributed by atoms with E-state index in [-0.39, 0.29) is 43.7 Å². The minimum atomic E-state index is -1.16. The second-order valence-electron chi connectivity index (χ2n) is 19.4. The van der Waals surface area contributed by atoms with Gasteiger partial charge in [-0.25, -0.2) is 5.43 Å². The van der Waals surface area contributed by atoms with Crippen LogP contribution < -0.4 is 10.7 Å². The number of nitroso groups, excluding NO2 is 1. The Bertz CT molecular complexity index is 2550. The molecule has 0 radical (unpaired) electrons. The average Bonchev–Trinajstić information content (AvgIpc) is 4.05. The number of ether oxygens (including phenoxy) is 1. The summed E-state index contributed by atoms with van der Waals surface area (Å²) in [5.74, 6) is -2.08. The van der Waals surface area contributed by atoms with Gasteiger partial charge in [-0.1, -0.05) is 46.4 Å². The highest BCUT2D eigenvalue weighted by molar-refractivity contribution is 5.96. The molecule has 4 aliphatic rings. The maximum atomic E-state index is 14.7. The fourth-order valence-electron chi connectivity index (χ4n) is 10.5. The van der Waals surface area contributed by atoms with Crippen LogP contribution >= 0.6 is 0 Å². The lowest BCUT2D eigenvalue weighted by Crippen LogP contribution is -2.62. The number of cyclic esters (lactones) is 1. The Kier molecular flexibility index (Phi) is 12.9. The quantitative estimate of drug-likeness (QED) is 0.0825. The normalized spacial score (nSPS) is 21.4. The molecule has 3 amide bonds. The number of nitrogens with one attached hydrogen (secondary N) is 2. The summed E-state index contributed by atoms with van der Waals surface area (Å²) in [6, 6.07) is 10.2. The van der Waals surface area contributed by atoms with E-state index in [4.69, 9.17) is 9.72 Å². The number of phenols is 1. The van der Waals surface area contributed by atoms with Crippen LogP contribution in [0.2, 0.25) is 0 Å². The number of nitrogens with zero attached hydrogens (tertiary/aromatic N) is 6. The number of carbonyl (C=O) groups excluding carboxylic acids is 4. The number of hydrogen-bond donors (Lipinski definition) is 3. The minimum absolute atomic E-state index is 0.00132. The Hall–Kier alpha value is -6.09. The van der Waals surface area contributed by atoms with E-state index in [2.05, 4.69) is 66.9 Å². The van der Waals surface area contributed by atoms with E-state index in [1.807, 2.05) is 26.1 Å². The first-order valence-corrected chi connectivity index (χ1v) is 23.2. The fourth-order valence-corrected chi connectivity index (χ4v) is 10.5. The number of fused-ring (bicyclic) bond motifs is 7. The standard InChI is InChI=1S/C50H62N8O7/c1-8-44(60)55-21-18-34(28-55)58(64)54(7)45(30(3)4)47(61)52-42-24-31-22-33(25-35(59)23-31)32-15-16-43-38(26-32)39(46(56(43)9-2)37-17-19-51-40-13-10-12-36(37)40)27-50(5,6)29-65-49(63)41-14-11-20-57(53-41)48(42)62/h8,15-17,19,22-23,25-26,30,34,41-42,45,53H,1,9-14,18,20-21,24,27-29H2,2-7H3,(H-,52,59,61)/p+1/t34-,41-,42-,45-/m0/s1. The van der Waals surface area contributed by atoms with Crippen molar-refractivity contribution in [2.24, 2.45) is 11.3 Å². The van der Waals surface area contributed by atoms with E-state index in [9.17, 15) is 29.2 Å². The van der Waals surface area contributed by atoms with E-state index >= 15 is 0 Å². The number of hydrazine groups is 2. The molecule has 2 aromatic carbocycles. The number of esters is 1. The highest BCUT2D eigenvalue weighted by Crippen LogP contribution is 2.43. The molecule has 2 fully saturated rings. The maximum absolute atomic E-state index is 14.7. The summed E-state index contributed by atoms with van der Waals surface area (Å²) in [4.78, 5) is 76.3. The lowest BCUT2D eigenvalue weighted by Gasteiger charge is -2.36. The number of benzene rings is 2. The van der Waals surface area contributed by atoms with Crippen molar-refractivity contribution >= 4 is 34.6 Å². The molecule has 0 spiro atoms. The number of aryl methyl sites for hydroxylation is 2. The number of aromatic hydroxyl groups is 1. The molecule has 15 nitrogen and oxygen atoms in total. The first-order valence-electron chi connectivity index (χ1n) is 23.2. The molecular weight excluding hydrogens is 825 g/mol. The van der Waals surface area contributed by atoms with Crippen molar-refractivity contribution in [2.45, 2.75) is 117 Å². The molecule has 2 aromatic heterocycles. The van der Waals surface area contributed by atoms with Crippen LogP contribution in [0.5, 0.6) is 5.75 Å². The van der Waals surface area contributed by atoms with E-state index in [1.165, 1.54) is 27.2 Å². The third-order valence-electron chi connectivity index (χ3n) is 13.7. The van der Waals surface area contributed by atoms with Crippen LogP contribution in [0.3, 0.4) is 0 Å². The lowest BCUT2D eigenvalue weighted by atomic mass is 9.84. The zero-order valence-electron chi connectivity index (χ0n) is 38.6. The summed E-state index contributed by atoms with van der Waals surface area (Å²) in [6.07, 6.45) is 8.12. The largest absolute Gasteiger partial charge is 0.508 e. The molecule has 15 heteroatoms. The fraction of sp³-hybridized carbons (Fsp3) is 0.500. The Morgan fingerprint density at radius 1 is 1.08 bits per heavy atom. The van der Waals surface area contributed by atoms with Gasteiger partial charge in [0, 0.05) is 66.2 Å². The van der Waals surface area contributed by atoms with E-state index in [1.54, 1.807) is 24.1 Å². The van der Waals surface area contributed by atoms with Gasteiger partial charge in [-0.15, -0.1) is 5.01 Å². The van der Waals surface area contributed by atoms with Gasteiger partial charge in [0.05, 0.1) is 30.8 Å². The second-order valence-corrected chi connectivity index (χ2v) is 19.4. The Labute approximate surface area is 380 Å². The summed E-state index contributed by atoms with van der Waals surface area (Å²) in [7, 11) is 1.55. The Morgan fingerprint density at radius 3 is 2.63 bits per heavy atom. The van der Waals surface area contributed by atoms with Gasteiger partial charge in [-0.2, -0.15) is 0 Å². The van der Waals surface area contributed by atoms with Crippen LogP contribution in [0.1, 0.15) is 82.7 Å². The topological polar surface area (TPSA) is 169 Å². The van der Waals surface area contributed by atoms with Crippen LogP contribution in [0.4, 0.5) is 0 Å². The molecule has 6 bridgehead atoms. The smallest absolute Gasteiger partial charge is 0.324 e. The van der Waals surface area contributed by atoms with Crippen molar-refractivity contribution in [1.82, 2.24) is 35.2 Å². The number of likely N-dealkylation sites (N-methyl/N-ethyl adjacent to an activating group) is 1. The summed E-state index contributed by atoms with van der Waals surface area (Å²) >= 11 is 0. The molecule has 0 saturated carbocycles. The Morgan fingerprint density at radius 2 is 1.88 bits per heavy atom. The first-order chi connectivity index (χ1) is 31.1. The van der Waals surface area contributed by atoms with Crippen molar-refractivity contribution < 1.29 is 33.9 Å². The monoisotopic (exact) mass is 887 g/mol. The number of aromatic nitrogens is 2. The van der Waals surface area contributed by atoms with E-state index in [0.717, 1.165) is 69.7 Å². The van der Waals surface area contributed by atoms with Crippen molar-refractivity contribution in [3.63, 3.8) is 0 Å². The molecule has 3 aliphatic heterocycles. The zero-order valence-corrected chi connectivity index (χ0v) is 38.6. The number of carbonyl (C=O) groups is 4. The van der Waals surface area contributed by atoms with Gasteiger partial charge in [-0.3, -0.25) is 29.2 Å². The van der Waals surface area contributed by atoms with Crippen molar-refractivity contribution in [3.05, 3.63) is 88.6 Å². The molecule has 3 N–H and O–H groups in total. The third-order valence-corrected chi connectivity index (χ3v) is 13.7. The second kappa shape index (κ2) is 18.4. The van der Waals surface area contributed by atoms with Crippen molar-refractivity contribution in [1.29, 1.82) is 0 Å². The highest BCUT2D eigenvalue weighted by Gasteiger charge is 2.44. The Balaban J connectivity index is 1.19. The molecule has 344 valence electrons. The SMILES string of the molecule is C=CC(=O)N1CC[C@H]([N+](=O)N(C)[C@H](C(=O)N[C@H]2Cc3cc(O)cc(c3)-c3ccc4c(c3)c(c(-c3ccnc5c3CCC5)n4CC)CC(C)(C)COC(=O)[C@@H]3CCCN(N3)C2=O)C(C)C)C1. The minimum Gasteiger partial charge on any atom is -0.508 e. The van der Waals surface area contributed by atoms with Crippen LogP contribution in [0.15, 0.2) is 61.3 Å². The predicted molar refractivity (Wildman–Crippen MR) is 247 cm³/mol. The molecule has 65 heavy (non-hydrogen) atoms. The number of phenolic OH excluding ortho intramolecular Hbond substituents is 1. The van der Waals surface area contributed by atoms with Gasteiger partial charge in [0.25, 0.3) is 11.9 Å². The van der Waals surface area contributed by atoms with Gasteiger partial charge in [0.15, 0.2) is 6.04 Å². The summed E-state index contributed by atoms with van der Waals surface area (Å²) in [5.41, 5.74) is 11.8. The number of pyridine rings is 1. The molecule has 1 aliphatic carbocycles. The van der Waals surface area contributed by atoms with Crippen molar-refractivity contribution in [2.75, 3.05) is 33.3 Å². The van der Waals surface area contributed by atoms with Gasteiger partial charge in [0.1, 0.15) is 22.7 Å².